The summed E-state index contributed by atoms with van der Waals surface area (Å²) in [6, 6.07) is 0. The Balaban J connectivity index is 4.19. The fourth-order valence-electron chi connectivity index (χ4n) is 2.73. The molecule has 0 saturated heterocycles. The Morgan fingerprint density at radius 3 is 2.04 bits per heavy atom. The average Bonchev–Trinajstić information content (AvgIpc) is 2.55. The summed E-state index contributed by atoms with van der Waals surface area (Å²) in [4.78, 5) is 31.1. The molecule has 0 aliphatic heterocycles. The predicted molar refractivity (Wildman–Crippen MR) is 116 cm³/mol. The molecule has 0 bridgehead atoms. The Labute approximate surface area is 170 Å². The molecule has 0 radical (unpaired) electrons. The largest absolute Gasteiger partial charge is 0.481 e. The maximum absolute atomic E-state index is 11.2. The predicted octanol–water partition coefficient (Wildman–Crippen LogP) is 4.75. The molecule has 0 aliphatic carbocycles. The van der Waals surface area contributed by atoms with Crippen LogP contribution in [0, 0.1) is 0 Å². The zero-order valence-corrected chi connectivity index (χ0v) is 18.9. The summed E-state index contributed by atoms with van der Waals surface area (Å²) in [5.41, 5.74) is 2.47. The second-order valence-corrected chi connectivity index (χ2v) is 9.61. The lowest BCUT2D eigenvalue weighted by Gasteiger charge is -2.17. The number of nitrogens with zero attached hydrogens (tertiary/aromatic N) is 1. The van der Waals surface area contributed by atoms with Gasteiger partial charge in [-0.1, -0.05) is 34.9 Å². The number of hydrogen-bond donors (Lipinski definition) is 3. The van der Waals surface area contributed by atoms with Gasteiger partial charge in [-0.05, 0) is 79.8 Å². The van der Waals surface area contributed by atoms with Gasteiger partial charge >= 0.3 is 13.6 Å². The molecule has 1 atom stereocenters. The highest BCUT2D eigenvalue weighted by Crippen LogP contribution is 2.43. The molecule has 0 rings (SSSR count). The molecular formula is C21H38NO5P. The van der Waals surface area contributed by atoms with Crippen molar-refractivity contribution in [3.63, 3.8) is 0 Å². The van der Waals surface area contributed by atoms with Crippen molar-refractivity contribution < 1.29 is 24.3 Å². The van der Waals surface area contributed by atoms with Crippen molar-refractivity contribution in [3.8, 4) is 0 Å². The van der Waals surface area contributed by atoms with Crippen LogP contribution >= 0.6 is 7.60 Å². The van der Waals surface area contributed by atoms with Gasteiger partial charge in [0.15, 0.2) is 5.66 Å². The SMILES string of the molecule is CC(C)=CCC/C(C)=C/CC/C(C)=C/CN(C)CCCC(C(=O)O)P(=O)(O)O. The maximum atomic E-state index is 11.2. The minimum atomic E-state index is -4.59. The molecule has 162 valence electrons. The van der Waals surface area contributed by atoms with E-state index < -0.39 is 19.2 Å². The standard InChI is InChI=1S/C21H38NO5P/c1-17(2)9-6-10-18(3)11-7-12-19(4)14-16-22(5)15-8-13-20(21(23)24)28(25,26)27/h9,11,14,20H,6-8,10,12-13,15-16H2,1-5H3,(H,23,24)(H2,25,26,27)/b18-11+,19-14+. The maximum Gasteiger partial charge on any atom is 0.339 e. The lowest BCUT2D eigenvalue weighted by Crippen LogP contribution is -2.24. The molecule has 0 heterocycles. The lowest BCUT2D eigenvalue weighted by atomic mass is 10.1. The van der Waals surface area contributed by atoms with E-state index >= 15 is 0 Å². The monoisotopic (exact) mass is 415 g/mol. The first-order chi connectivity index (χ1) is 12.9. The molecular weight excluding hydrogens is 377 g/mol. The van der Waals surface area contributed by atoms with Crippen LogP contribution in [0.15, 0.2) is 34.9 Å². The summed E-state index contributed by atoms with van der Waals surface area (Å²) in [6.07, 6.45) is 11.3. The van der Waals surface area contributed by atoms with Gasteiger partial charge < -0.3 is 19.8 Å². The molecule has 1 unspecified atom stereocenters. The number of likely N-dealkylation sites (N-methyl/N-ethyl adjacent to an activating group) is 1. The van der Waals surface area contributed by atoms with E-state index in [2.05, 4.69) is 45.9 Å². The quantitative estimate of drug-likeness (QED) is 0.280. The first-order valence-electron chi connectivity index (χ1n) is 9.84. The minimum absolute atomic E-state index is 0.0243. The summed E-state index contributed by atoms with van der Waals surface area (Å²) >= 11 is 0. The first-order valence-corrected chi connectivity index (χ1v) is 11.5. The summed E-state index contributed by atoms with van der Waals surface area (Å²) in [6.45, 7) is 9.85. The normalized spacial score (nSPS) is 14.3. The highest BCUT2D eigenvalue weighted by molar-refractivity contribution is 7.53. The number of carbonyl (C=O) groups is 1. The van der Waals surface area contributed by atoms with E-state index in [-0.39, 0.29) is 6.42 Å². The van der Waals surface area contributed by atoms with Crippen LogP contribution < -0.4 is 0 Å². The Morgan fingerprint density at radius 1 is 1.00 bits per heavy atom. The number of carboxylic acid groups (broad SMARTS) is 1. The number of aliphatic carboxylic acids is 1. The third-order valence-electron chi connectivity index (χ3n) is 4.58. The topological polar surface area (TPSA) is 98.1 Å². The van der Waals surface area contributed by atoms with Crippen molar-refractivity contribution in [1.82, 2.24) is 4.90 Å². The molecule has 7 heteroatoms. The highest BCUT2D eigenvalue weighted by atomic mass is 31.2. The molecule has 0 fully saturated rings. The van der Waals surface area contributed by atoms with Crippen LogP contribution in [-0.2, 0) is 9.36 Å². The van der Waals surface area contributed by atoms with Gasteiger partial charge in [-0.25, -0.2) is 0 Å². The molecule has 0 amide bonds. The molecule has 0 aromatic rings. The number of rotatable bonds is 14. The van der Waals surface area contributed by atoms with Gasteiger partial charge in [0, 0.05) is 6.54 Å². The molecule has 0 aliphatic rings. The van der Waals surface area contributed by atoms with Crippen molar-refractivity contribution in [2.24, 2.45) is 0 Å². The fourth-order valence-corrected chi connectivity index (χ4v) is 3.54. The van der Waals surface area contributed by atoms with Crippen molar-refractivity contribution in [3.05, 3.63) is 34.9 Å². The van der Waals surface area contributed by atoms with E-state index in [1.54, 1.807) is 0 Å². The molecule has 0 saturated carbocycles. The van der Waals surface area contributed by atoms with Gasteiger partial charge in [0.25, 0.3) is 0 Å². The van der Waals surface area contributed by atoms with Crippen LogP contribution in [0.5, 0.6) is 0 Å². The minimum Gasteiger partial charge on any atom is -0.481 e. The summed E-state index contributed by atoms with van der Waals surface area (Å²) in [7, 11) is -2.67. The molecule has 0 aromatic heterocycles. The zero-order chi connectivity index (χ0) is 21.7. The van der Waals surface area contributed by atoms with Crippen molar-refractivity contribution >= 4 is 13.6 Å². The van der Waals surface area contributed by atoms with Crippen LogP contribution in [0.4, 0.5) is 0 Å². The van der Waals surface area contributed by atoms with Gasteiger partial charge in [0.05, 0.1) is 0 Å². The molecule has 0 spiro atoms. The Hall–Kier alpha value is -1.20. The first kappa shape index (κ1) is 26.8. The number of carboxylic acids is 1. The summed E-state index contributed by atoms with van der Waals surface area (Å²) in [5, 5.41) is 8.92. The van der Waals surface area contributed by atoms with E-state index in [9.17, 15) is 9.36 Å². The summed E-state index contributed by atoms with van der Waals surface area (Å²) < 4.78 is 11.2. The summed E-state index contributed by atoms with van der Waals surface area (Å²) in [5.74, 6) is -1.43. The van der Waals surface area contributed by atoms with Crippen LogP contribution in [0.25, 0.3) is 0 Å². The third-order valence-corrected chi connectivity index (χ3v) is 5.87. The molecule has 3 N–H and O–H groups in total. The second kappa shape index (κ2) is 13.9. The van der Waals surface area contributed by atoms with Crippen LogP contribution in [0.3, 0.4) is 0 Å². The van der Waals surface area contributed by atoms with E-state index in [4.69, 9.17) is 14.9 Å². The van der Waals surface area contributed by atoms with Crippen LogP contribution in [-0.4, -0.2) is 51.6 Å². The lowest BCUT2D eigenvalue weighted by molar-refractivity contribution is -0.137. The Kier molecular flexibility index (Phi) is 13.3. The van der Waals surface area contributed by atoms with Gasteiger partial charge in [0.1, 0.15) is 0 Å². The van der Waals surface area contributed by atoms with Gasteiger partial charge in [-0.2, -0.15) is 0 Å². The van der Waals surface area contributed by atoms with Crippen molar-refractivity contribution in [2.45, 2.75) is 71.9 Å². The van der Waals surface area contributed by atoms with Gasteiger partial charge in [-0.3, -0.25) is 9.36 Å². The second-order valence-electron chi connectivity index (χ2n) is 7.81. The average molecular weight is 416 g/mol. The van der Waals surface area contributed by atoms with Crippen LogP contribution in [0.2, 0.25) is 0 Å². The molecule has 0 aromatic carbocycles. The zero-order valence-electron chi connectivity index (χ0n) is 18.0. The highest BCUT2D eigenvalue weighted by Gasteiger charge is 2.34. The number of allylic oxidation sites excluding steroid dienone is 5. The van der Waals surface area contributed by atoms with E-state index in [0.29, 0.717) is 13.0 Å². The van der Waals surface area contributed by atoms with Crippen molar-refractivity contribution in [2.75, 3.05) is 20.1 Å². The van der Waals surface area contributed by atoms with Gasteiger partial charge in [0.2, 0.25) is 0 Å². The smallest absolute Gasteiger partial charge is 0.339 e. The van der Waals surface area contributed by atoms with Crippen LogP contribution in [0.1, 0.15) is 66.2 Å². The molecule has 6 nitrogen and oxygen atoms in total. The number of hydrogen-bond acceptors (Lipinski definition) is 3. The van der Waals surface area contributed by atoms with E-state index in [1.807, 2.05) is 11.9 Å². The van der Waals surface area contributed by atoms with Crippen molar-refractivity contribution in [1.29, 1.82) is 0 Å². The third kappa shape index (κ3) is 13.9. The van der Waals surface area contributed by atoms with E-state index in [0.717, 1.165) is 32.2 Å². The molecule has 28 heavy (non-hydrogen) atoms. The van der Waals surface area contributed by atoms with Gasteiger partial charge in [-0.15, -0.1) is 0 Å². The Morgan fingerprint density at radius 2 is 1.54 bits per heavy atom. The van der Waals surface area contributed by atoms with E-state index in [1.165, 1.54) is 16.7 Å². The fraction of sp³-hybridized carbons (Fsp3) is 0.667. The Bertz CT molecular complexity index is 614.